The molecule has 1 aromatic heterocycles. The summed E-state index contributed by atoms with van der Waals surface area (Å²) in [5.74, 6) is -0.256. The SMILES string of the molecule is CS(=O)(=O)c1ccc(CNC(=O)/C=C/c2cn(-c3ccccc3)nc2-c2ccccc2)cc1. The van der Waals surface area contributed by atoms with Crippen molar-refractivity contribution in [2.24, 2.45) is 0 Å². The minimum Gasteiger partial charge on any atom is -0.348 e. The molecule has 0 aliphatic rings. The average Bonchev–Trinajstić information content (AvgIpc) is 3.26. The number of amides is 1. The number of carbonyl (C=O) groups excluding carboxylic acids is 1. The molecular weight excluding hydrogens is 434 g/mol. The van der Waals surface area contributed by atoms with Crippen LogP contribution < -0.4 is 5.32 Å². The molecule has 0 saturated heterocycles. The fourth-order valence-corrected chi connectivity index (χ4v) is 3.94. The summed E-state index contributed by atoms with van der Waals surface area (Å²) in [5.41, 5.74) is 4.29. The predicted octanol–water partition coefficient (Wildman–Crippen LogP) is 4.27. The Morgan fingerprint density at radius 1 is 0.939 bits per heavy atom. The van der Waals surface area contributed by atoms with Crippen LogP contribution in [0.1, 0.15) is 11.1 Å². The van der Waals surface area contributed by atoms with Crippen molar-refractivity contribution >= 4 is 21.8 Å². The predicted molar refractivity (Wildman–Crippen MR) is 129 cm³/mol. The van der Waals surface area contributed by atoms with Gasteiger partial charge in [0, 0.05) is 36.2 Å². The largest absolute Gasteiger partial charge is 0.348 e. The van der Waals surface area contributed by atoms with Crippen molar-refractivity contribution in [2.75, 3.05) is 6.26 Å². The van der Waals surface area contributed by atoms with E-state index >= 15 is 0 Å². The lowest BCUT2D eigenvalue weighted by atomic mass is 10.1. The fourth-order valence-electron chi connectivity index (χ4n) is 3.31. The molecule has 1 heterocycles. The second kappa shape index (κ2) is 9.67. The highest BCUT2D eigenvalue weighted by Crippen LogP contribution is 2.24. The van der Waals surface area contributed by atoms with Crippen molar-refractivity contribution in [1.82, 2.24) is 15.1 Å². The third-order valence-electron chi connectivity index (χ3n) is 5.04. The van der Waals surface area contributed by atoms with Crippen LogP contribution >= 0.6 is 0 Å². The van der Waals surface area contributed by atoms with Crippen LogP contribution in [-0.4, -0.2) is 30.4 Å². The van der Waals surface area contributed by atoms with Gasteiger partial charge >= 0.3 is 0 Å². The summed E-state index contributed by atoms with van der Waals surface area (Å²) < 4.78 is 24.9. The molecule has 3 aromatic carbocycles. The number of sulfone groups is 1. The van der Waals surface area contributed by atoms with Crippen LogP contribution in [0.4, 0.5) is 0 Å². The minimum atomic E-state index is -3.24. The first kappa shape index (κ1) is 22.2. The first-order chi connectivity index (χ1) is 15.9. The highest BCUT2D eigenvalue weighted by Gasteiger charge is 2.11. The Labute approximate surface area is 193 Å². The minimum absolute atomic E-state index is 0.251. The Balaban J connectivity index is 1.51. The summed E-state index contributed by atoms with van der Waals surface area (Å²) in [5, 5.41) is 7.56. The lowest BCUT2D eigenvalue weighted by Gasteiger charge is -2.04. The van der Waals surface area contributed by atoms with E-state index in [1.54, 1.807) is 22.9 Å². The van der Waals surface area contributed by atoms with E-state index in [2.05, 4.69) is 5.32 Å². The van der Waals surface area contributed by atoms with Gasteiger partial charge < -0.3 is 5.32 Å². The van der Waals surface area contributed by atoms with E-state index in [0.29, 0.717) is 6.54 Å². The van der Waals surface area contributed by atoms with E-state index < -0.39 is 9.84 Å². The molecule has 7 heteroatoms. The van der Waals surface area contributed by atoms with Gasteiger partial charge in [-0.15, -0.1) is 0 Å². The normalized spacial score (nSPS) is 11.5. The van der Waals surface area contributed by atoms with Crippen LogP contribution in [0.5, 0.6) is 0 Å². The third kappa shape index (κ3) is 5.64. The molecule has 166 valence electrons. The average molecular weight is 458 g/mol. The number of nitrogens with zero attached hydrogens (tertiary/aromatic N) is 2. The van der Waals surface area contributed by atoms with Gasteiger partial charge in [-0.05, 0) is 35.9 Å². The highest BCUT2D eigenvalue weighted by molar-refractivity contribution is 7.90. The van der Waals surface area contributed by atoms with Gasteiger partial charge in [0.1, 0.15) is 0 Å². The molecule has 33 heavy (non-hydrogen) atoms. The molecule has 1 amide bonds. The first-order valence-electron chi connectivity index (χ1n) is 10.4. The summed E-state index contributed by atoms with van der Waals surface area (Å²) >= 11 is 0. The summed E-state index contributed by atoms with van der Waals surface area (Å²) in [6, 6.07) is 26.1. The molecule has 0 saturated carbocycles. The van der Waals surface area contributed by atoms with Gasteiger partial charge in [0.05, 0.1) is 16.3 Å². The molecule has 0 radical (unpaired) electrons. The van der Waals surface area contributed by atoms with Crippen LogP contribution in [-0.2, 0) is 21.2 Å². The summed E-state index contributed by atoms with van der Waals surface area (Å²) in [6.07, 6.45) is 6.28. The van der Waals surface area contributed by atoms with Gasteiger partial charge in [0.15, 0.2) is 9.84 Å². The van der Waals surface area contributed by atoms with Gasteiger partial charge in [-0.3, -0.25) is 4.79 Å². The maximum absolute atomic E-state index is 12.4. The van der Waals surface area contributed by atoms with Crippen molar-refractivity contribution in [3.63, 3.8) is 0 Å². The second-order valence-corrected chi connectivity index (χ2v) is 9.56. The summed E-state index contributed by atoms with van der Waals surface area (Å²) in [4.78, 5) is 12.7. The topological polar surface area (TPSA) is 81.1 Å². The molecular formula is C26H23N3O3S. The van der Waals surface area contributed by atoms with Crippen molar-refractivity contribution < 1.29 is 13.2 Å². The number of hydrogen-bond acceptors (Lipinski definition) is 4. The highest BCUT2D eigenvalue weighted by atomic mass is 32.2. The lowest BCUT2D eigenvalue weighted by Crippen LogP contribution is -2.20. The maximum atomic E-state index is 12.4. The van der Waals surface area contributed by atoms with Crippen molar-refractivity contribution in [3.8, 4) is 16.9 Å². The molecule has 0 fully saturated rings. The fraction of sp³-hybridized carbons (Fsp3) is 0.0769. The Kier molecular flexibility index (Phi) is 6.51. The van der Waals surface area contributed by atoms with E-state index in [0.717, 1.165) is 34.3 Å². The second-order valence-electron chi connectivity index (χ2n) is 7.55. The molecule has 6 nitrogen and oxygen atoms in total. The standard InChI is InChI=1S/C26H23N3O3S/c1-33(31,32)24-15-12-20(13-16-24)18-27-25(30)17-14-22-19-29(23-10-6-3-7-11-23)28-26(22)21-8-4-2-5-9-21/h2-17,19H,18H2,1H3,(H,27,30)/b17-14+. The Bertz CT molecular complexity index is 1380. The first-order valence-corrected chi connectivity index (χ1v) is 12.2. The van der Waals surface area contributed by atoms with Crippen LogP contribution in [0.3, 0.4) is 0 Å². The Hall–Kier alpha value is -3.97. The smallest absolute Gasteiger partial charge is 0.244 e. The molecule has 1 N–H and O–H groups in total. The lowest BCUT2D eigenvalue weighted by molar-refractivity contribution is -0.116. The Morgan fingerprint density at radius 2 is 1.58 bits per heavy atom. The quantitative estimate of drug-likeness (QED) is 0.420. The zero-order valence-corrected chi connectivity index (χ0v) is 18.9. The van der Waals surface area contributed by atoms with Crippen LogP contribution in [0, 0.1) is 0 Å². The monoisotopic (exact) mass is 457 g/mol. The molecule has 4 aromatic rings. The number of hydrogen-bond donors (Lipinski definition) is 1. The molecule has 0 spiro atoms. The van der Waals surface area contributed by atoms with E-state index in [1.807, 2.05) is 66.9 Å². The molecule has 0 bridgehead atoms. The number of benzene rings is 3. The zero-order chi connectivity index (χ0) is 23.3. The van der Waals surface area contributed by atoms with Crippen LogP contribution in [0.25, 0.3) is 23.0 Å². The van der Waals surface area contributed by atoms with E-state index in [9.17, 15) is 13.2 Å². The van der Waals surface area contributed by atoms with E-state index in [-0.39, 0.29) is 10.8 Å². The van der Waals surface area contributed by atoms with Crippen molar-refractivity contribution in [3.05, 3.63) is 108 Å². The number of nitrogens with one attached hydrogen (secondary N) is 1. The summed E-state index contributed by atoms with van der Waals surface area (Å²) in [6.45, 7) is 0.294. The van der Waals surface area contributed by atoms with Gasteiger partial charge in [0.2, 0.25) is 5.91 Å². The van der Waals surface area contributed by atoms with E-state index in [4.69, 9.17) is 5.10 Å². The van der Waals surface area contributed by atoms with Gasteiger partial charge in [-0.2, -0.15) is 5.10 Å². The van der Waals surface area contributed by atoms with Gasteiger partial charge in [0.25, 0.3) is 0 Å². The molecule has 0 atom stereocenters. The third-order valence-corrected chi connectivity index (χ3v) is 6.17. The zero-order valence-electron chi connectivity index (χ0n) is 18.0. The Morgan fingerprint density at radius 3 is 2.21 bits per heavy atom. The van der Waals surface area contributed by atoms with Gasteiger partial charge in [-0.25, -0.2) is 13.1 Å². The number of aromatic nitrogens is 2. The number of carbonyl (C=O) groups is 1. The number of para-hydroxylation sites is 1. The molecule has 0 aliphatic carbocycles. The summed E-state index contributed by atoms with van der Waals surface area (Å²) in [7, 11) is -3.24. The van der Waals surface area contributed by atoms with Crippen LogP contribution in [0.15, 0.2) is 102 Å². The molecule has 0 unspecified atom stereocenters. The van der Waals surface area contributed by atoms with Crippen LogP contribution in [0.2, 0.25) is 0 Å². The van der Waals surface area contributed by atoms with Crippen molar-refractivity contribution in [1.29, 1.82) is 0 Å². The van der Waals surface area contributed by atoms with Gasteiger partial charge in [-0.1, -0.05) is 60.7 Å². The number of rotatable bonds is 7. The molecule has 4 rings (SSSR count). The van der Waals surface area contributed by atoms with E-state index in [1.165, 1.54) is 18.2 Å². The van der Waals surface area contributed by atoms with Crippen molar-refractivity contribution in [2.45, 2.75) is 11.4 Å². The maximum Gasteiger partial charge on any atom is 0.244 e. The molecule has 0 aliphatic heterocycles.